The van der Waals surface area contributed by atoms with Gasteiger partial charge < -0.3 is 9.32 Å². The van der Waals surface area contributed by atoms with Gasteiger partial charge in [0.25, 0.3) is 5.91 Å². The summed E-state index contributed by atoms with van der Waals surface area (Å²) in [5.74, 6) is 3.90. The Bertz CT molecular complexity index is 1010. The molecule has 0 bridgehead atoms. The molecule has 1 aliphatic heterocycles. The van der Waals surface area contributed by atoms with E-state index < -0.39 is 0 Å². The number of carbonyl (C=O) groups is 1. The topological polar surface area (TPSA) is 33.5 Å². The third-order valence-electron chi connectivity index (χ3n) is 6.18. The van der Waals surface area contributed by atoms with Crippen LogP contribution in [0.15, 0.2) is 65.1 Å². The van der Waals surface area contributed by atoms with Crippen LogP contribution < -0.4 is 0 Å². The second kappa shape index (κ2) is 8.79. The molecule has 0 N–H and O–H groups in total. The molecule has 3 aromatic rings. The average molecular weight is 450 g/mol. The van der Waals surface area contributed by atoms with Gasteiger partial charge in [-0.1, -0.05) is 60.7 Å². The van der Waals surface area contributed by atoms with Crippen molar-refractivity contribution in [1.82, 2.24) is 4.90 Å². The average Bonchev–Trinajstić information content (AvgIpc) is 3.40. The van der Waals surface area contributed by atoms with E-state index in [0.717, 1.165) is 35.3 Å². The van der Waals surface area contributed by atoms with Crippen LogP contribution >= 0.6 is 23.5 Å². The smallest absolute Gasteiger partial charge is 0.290 e. The van der Waals surface area contributed by atoms with E-state index in [9.17, 15) is 4.79 Å². The Morgan fingerprint density at radius 2 is 1.55 bits per heavy atom. The van der Waals surface area contributed by atoms with Crippen molar-refractivity contribution in [2.75, 3.05) is 11.5 Å². The summed E-state index contributed by atoms with van der Waals surface area (Å²) < 4.78 is 6.41. The lowest BCUT2D eigenvalue weighted by Crippen LogP contribution is -2.30. The second-order valence-electron chi connectivity index (χ2n) is 8.29. The maximum atomic E-state index is 13.8. The van der Waals surface area contributed by atoms with E-state index in [2.05, 4.69) is 31.2 Å². The molecule has 5 heteroatoms. The lowest BCUT2D eigenvalue weighted by atomic mass is 9.94. The zero-order valence-electron chi connectivity index (χ0n) is 17.8. The van der Waals surface area contributed by atoms with Gasteiger partial charge >= 0.3 is 0 Å². The van der Waals surface area contributed by atoms with Gasteiger partial charge in [-0.05, 0) is 30.9 Å². The predicted octanol–water partition coefficient (Wildman–Crippen LogP) is 6.40. The summed E-state index contributed by atoms with van der Waals surface area (Å²) in [6.45, 7) is 3.22. The molecule has 1 aliphatic carbocycles. The Hall–Kier alpha value is -2.11. The van der Waals surface area contributed by atoms with Gasteiger partial charge in [0.15, 0.2) is 5.76 Å². The van der Waals surface area contributed by atoms with Crippen LogP contribution in [0.25, 0.3) is 0 Å². The van der Waals surface area contributed by atoms with Crippen LogP contribution in [0, 0.1) is 6.92 Å². The molecule has 2 aromatic carbocycles. The zero-order chi connectivity index (χ0) is 21.3. The normalized spacial score (nSPS) is 16.9. The Morgan fingerprint density at radius 1 is 0.968 bits per heavy atom. The number of hydrogen-bond acceptors (Lipinski definition) is 4. The molecule has 0 atom stereocenters. The fourth-order valence-corrected chi connectivity index (χ4v) is 8.31. The van der Waals surface area contributed by atoms with Gasteiger partial charge in [-0.25, -0.2) is 0 Å². The minimum atomic E-state index is -0.0113. The number of fused-ring (bicyclic) bond motifs is 2. The first-order chi connectivity index (χ1) is 15.2. The Labute approximate surface area is 192 Å². The maximum absolute atomic E-state index is 13.8. The summed E-state index contributed by atoms with van der Waals surface area (Å²) in [5, 5.41) is 0. The van der Waals surface area contributed by atoms with Crippen LogP contribution in [0.4, 0.5) is 0 Å². The minimum absolute atomic E-state index is 0.0113. The highest BCUT2D eigenvalue weighted by atomic mass is 32.2. The lowest BCUT2D eigenvalue weighted by molar-refractivity contribution is 0.0694. The number of rotatable bonds is 5. The Kier molecular flexibility index (Phi) is 5.89. The first kappa shape index (κ1) is 20.8. The van der Waals surface area contributed by atoms with Crippen molar-refractivity contribution >= 4 is 29.4 Å². The molecular weight excluding hydrogens is 422 g/mol. The van der Waals surface area contributed by atoms with E-state index in [0.29, 0.717) is 18.8 Å². The van der Waals surface area contributed by atoms with Crippen molar-refractivity contribution in [3.63, 3.8) is 0 Å². The summed E-state index contributed by atoms with van der Waals surface area (Å²) in [5.41, 5.74) is 4.60. The van der Waals surface area contributed by atoms with Gasteiger partial charge in [0, 0.05) is 42.1 Å². The SMILES string of the molecule is Cc1c(C(=O)N(Cc2ccccc2)Cc2ccccc2)oc2c1C1(CCC2)SCCS1. The van der Waals surface area contributed by atoms with Crippen molar-refractivity contribution in [1.29, 1.82) is 0 Å². The van der Waals surface area contributed by atoms with Gasteiger partial charge in [0.05, 0.1) is 4.08 Å². The standard InChI is InChI=1S/C26H27NO2S2/c1-19-23-22(13-8-14-26(23)30-15-16-31-26)29-24(19)25(28)27(17-20-9-4-2-5-10-20)18-21-11-6-3-7-12-21/h2-7,9-12H,8,13-18H2,1H3. The molecule has 1 aromatic heterocycles. The van der Waals surface area contributed by atoms with Crippen LogP contribution in [-0.4, -0.2) is 22.3 Å². The summed E-state index contributed by atoms with van der Waals surface area (Å²) in [7, 11) is 0. The molecular formula is C26H27NO2S2. The molecule has 2 heterocycles. The van der Waals surface area contributed by atoms with Crippen LogP contribution in [0.1, 0.15) is 51.4 Å². The Balaban J connectivity index is 1.50. The van der Waals surface area contributed by atoms with Crippen molar-refractivity contribution in [3.8, 4) is 0 Å². The summed E-state index contributed by atoms with van der Waals surface area (Å²) in [6.07, 6.45) is 3.23. The third-order valence-corrected chi connectivity index (χ3v) is 9.71. The monoisotopic (exact) mass is 449 g/mol. The number of thioether (sulfide) groups is 2. The number of amides is 1. The minimum Gasteiger partial charge on any atom is -0.455 e. The number of carbonyl (C=O) groups excluding carboxylic acids is 1. The molecule has 1 fully saturated rings. The molecule has 2 aliphatic rings. The third kappa shape index (κ3) is 4.06. The van der Waals surface area contributed by atoms with Crippen molar-refractivity contribution in [2.45, 2.75) is 43.4 Å². The fourth-order valence-electron chi connectivity index (χ4n) is 4.75. The molecule has 1 amide bonds. The number of aryl methyl sites for hydroxylation is 1. The zero-order valence-corrected chi connectivity index (χ0v) is 19.4. The molecule has 0 saturated carbocycles. The Morgan fingerprint density at radius 3 is 2.13 bits per heavy atom. The number of hydrogen-bond donors (Lipinski definition) is 0. The molecule has 3 nitrogen and oxygen atoms in total. The first-order valence-electron chi connectivity index (χ1n) is 10.9. The van der Waals surface area contributed by atoms with E-state index in [1.165, 1.54) is 23.5 Å². The van der Waals surface area contributed by atoms with Gasteiger partial charge in [0.1, 0.15) is 5.76 Å². The highest BCUT2D eigenvalue weighted by Gasteiger charge is 2.45. The molecule has 1 saturated heterocycles. The first-order valence-corrected chi connectivity index (χ1v) is 12.9. The number of nitrogens with zero attached hydrogens (tertiary/aromatic N) is 1. The molecule has 0 radical (unpaired) electrons. The number of benzene rings is 2. The van der Waals surface area contributed by atoms with E-state index in [1.807, 2.05) is 64.8 Å². The van der Waals surface area contributed by atoms with Crippen molar-refractivity contribution in [2.24, 2.45) is 0 Å². The van der Waals surface area contributed by atoms with Crippen molar-refractivity contribution in [3.05, 3.63) is 94.4 Å². The predicted molar refractivity (Wildman–Crippen MR) is 129 cm³/mol. The summed E-state index contributed by atoms with van der Waals surface area (Å²) >= 11 is 4.08. The van der Waals surface area contributed by atoms with Crippen molar-refractivity contribution < 1.29 is 9.21 Å². The molecule has 160 valence electrons. The van der Waals surface area contributed by atoms with Gasteiger partial charge in [0.2, 0.25) is 0 Å². The molecule has 31 heavy (non-hydrogen) atoms. The van der Waals surface area contributed by atoms with Crippen LogP contribution in [0.3, 0.4) is 0 Å². The van der Waals surface area contributed by atoms with Gasteiger partial charge in [-0.3, -0.25) is 4.79 Å². The number of furan rings is 1. The molecule has 5 rings (SSSR count). The highest BCUT2D eigenvalue weighted by Crippen LogP contribution is 2.59. The molecule has 0 unspecified atom stereocenters. The highest BCUT2D eigenvalue weighted by molar-refractivity contribution is 8.20. The summed E-state index contributed by atoms with van der Waals surface area (Å²) in [6, 6.07) is 20.4. The molecule has 1 spiro atoms. The van der Waals surface area contributed by atoms with Crippen LogP contribution in [0.5, 0.6) is 0 Å². The van der Waals surface area contributed by atoms with Crippen LogP contribution in [-0.2, 0) is 23.6 Å². The van der Waals surface area contributed by atoms with E-state index in [-0.39, 0.29) is 9.99 Å². The van der Waals surface area contributed by atoms with E-state index in [4.69, 9.17) is 4.42 Å². The quantitative estimate of drug-likeness (QED) is 0.451. The van der Waals surface area contributed by atoms with Gasteiger partial charge in [-0.2, -0.15) is 0 Å². The lowest BCUT2D eigenvalue weighted by Gasteiger charge is -2.31. The van der Waals surface area contributed by atoms with E-state index >= 15 is 0 Å². The van der Waals surface area contributed by atoms with Crippen LogP contribution in [0.2, 0.25) is 0 Å². The van der Waals surface area contributed by atoms with E-state index in [1.54, 1.807) is 0 Å². The second-order valence-corrected chi connectivity index (χ2v) is 11.3. The summed E-state index contributed by atoms with van der Waals surface area (Å²) in [4.78, 5) is 15.7. The maximum Gasteiger partial charge on any atom is 0.290 e. The van der Waals surface area contributed by atoms with Gasteiger partial charge in [-0.15, -0.1) is 23.5 Å². The fraction of sp³-hybridized carbons (Fsp3) is 0.346. The largest absolute Gasteiger partial charge is 0.455 e.